The largest absolute Gasteiger partial charge is 0.376 e. The van der Waals surface area contributed by atoms with Gasteiger partial charge in [0.1, 0.15) is 6.04 Å². The van der Waals surface area contributed by atoms with Crippen LogP contribution in [0.1, 0.15) is 68.8 Å². The van der Waals surface area contributed by atoms with E-state index < -0.39 is 6.04 Å². The van der Waals surface area contributed by atoms with E-state index in [0.717, 1.165) is 41.8 Å². The van der Waals surface area contributed by atoms with Crippen LogP contribution in [-0.4, -0.2) is 41.2 Å². The Morgan fingerprint density at radius 3 is 2.50 bits per heavy atom. The molecule has 38 heavy (non-hydrogen) atoms. The van der Waals surface area contributed by atoms with Gasteiger partial charge in [-0.25, -0.2) is 0 Å². The monoisotopic (exact) mass is 544 g/mol. The van der Waals surface area contributed by atoms with Crippen molar-refractivity contribution in [2.75, 3.05) is 11.9 Å². The summed E-state index contributed by atoms with van der Waals surface area (Å²) in [6.45, 7) is 14.0. The van der Waals surface area contributed by atoms with Crippen molar-refractivity contribution < 1.29 is 18.7 Å². The lowest BCUT2D eigenvalue weighted by Crippen LogP contribution is -2.47. The van der Waals surface area contributed by atoms with Gasteiger partial charge in [-0.15, -0.1) is 5.73 Å². The minimum Gasteiger partial charge on any atom is -0.376 e. The Balaban J connectivity index is 0. The number of nitrogens with one attached hydrogen (secondary N) is 3. The highest BCUT2D eigenvalue weighted by molar-refractivity contribution is 7.79. The number of thiol groups is 1. The lowest BCUT2D eigenvalue weighted by molar-refractivity contribution is -0.124. The van der Waals surface area contributed by atoms with Gasteiger partial charge in [-0.1, -0.05) is 39.0 Å². The summed E-state index contributed by atoms with van der Waals surface area (Å²) in [6.07, 6.45) is 7.89. The zero-order valence-corrected chi connectivity index (χ0v) is 24.2. The highest BCUT2D eigenvalue weighted by atomic mass is 32.1. The van der Waals surface area contributed by atoms with Gasteiger partial charge < -0.3 is 20.9 Å². The van der Waals surface area contributed by atoms with Crippen molar-refractivity contribution >= 4 is 36.0 Å². The number of hydrogen-bond acceptors (Lipinski definition) is 5. The molecule has 0 radical (unpaired) electrons. The SMILES string of the molecule is C=C=C1C=CC(=O)N1CCCCCC(=O)N[C@H](/C(=C\C)N[C@@H](C)C(=O)Nc1ccc(CS)c(C)c1)C(C)C.[HH].[HH].[HH]. The molecule has 3 amide bonds. The summed E-state index contributed by atoms with van der Waals surface area (Å²) in [6, 6.07) is 5.05. The molecule has 212 valence electrons. The predicted octanol–water partition coefficient (Wildman–Crippen LogP) is 5.75. The Bertz CT molecular complexity index is 1130. The molecule has 0 spiro atoms. The van der Waals surface area contributed by atoms with Crippen molar-refractivity contribution in [1.82, 2.24) is 15.5 Å². The van der Waals surface area contributed by atoms with Crippen LogP contribution < -0.4 is 16.0 Å². The van der Waals surface area contributed by atoms with Crippen LogP contribution in [0.2, 0.25) is 0 Å². The van der Waals surface area contributed by atoms with E-state index in [1.54, 1.807) is 17.9 Å². The third kappa shape index (κ3) is 8.96. The molecule has 0 saturated carbocycles. The number of unbranched alkanes of at least 4 members (excludes halogenated alkanes) is 2. The van der Waals surface area contributed by atoms with Crippen molar-refractivity contribution in [2.24, 2.45) is 5.92 Å². The van der Waals surface area contributed by atoms with Crippen molar-refractivity contribution in [2.45, 2.75) is 78.1 Å². The fourth-order valence-electron chi connectivity index (χ4n) is 4.29. The number of nitrogens with zero attached hydrogens (tertiary/aromatic N) is 1. The number of carbonyl (C=O) groups excluding carboxylic acids is 3. The summed E-state index contributed by atoms with van der Waals surface area (Å²) in [5, 5.41) is 9.39. The van der Waals surface area contributed by atoms with E-state index in [-0.39, 0.29) is 34.0 Å². The van der Waals surface area contributed by atoms with E-state index in [0.29, 0.717) is 24.4 Å². The smallest absolute Gasteiger partial charge is 0.251 e. The Hall–Kier alpha value is -3.22. The molecule has 1 aliphatic rings. The van der Waals surface area contributed by atoms with Crippen molar-refractivity contribution in [1.29, 1.82) is 0 Å². The average molecular weight is 545 g/mol. The third-order valence-electron chi connectivity index (χ3n) is 6.59. The minimum atomic E-state index is -0.499. The van der Waals surface area contributed by atoms with Crippen LogP contribution in [0.25, 0.3) is 0 Å². The summed E-state index contributed by atoms with van der Waals surface area (Å²) in [5.41, 5.74) is 7.22. The first-order valence-electron chi connectivity index (χ1n) is 13.2. The number of allylic oxidation sites excluding steroid dienone is 2. The second-order valence-electron chi connectivity index (χ2n) is 9.88. The van der Waals surface area contributed by atoms with Crippen LogP contribution in [-0.2, 0) is 20.1 Å². The summed E-state index contributed by atoms with van der Waals surface area (Å²) < 4.78 is 0. The molecule has 0 aliphatic carbocycles. The van der Waals surface area contributed by atoms with Gasteiger partial charge in [-0.3, -0.25) is 14.4 Å². The number of hydrogen-bond donors (Lipinski definition) is 4. The molecule has 0 bridgehead atoms. The number of amides is 3. The van der Waals surface area contributed by atoms with Crippen LogP contribution in [0.5, 0.6) is 0 Å². The molecular formula is C30H48N4O3S. The van der Waals surface area contributed by atoms with Crippen molar-refractivity contribution in [3.63, 3.8) is 0 Å². The van der Waals surface area contributed by atoms with Crippen LogP contribution in [0.4, 0.5) is 5.69 Å². The van der Waals surface area contributed by atoms with Crippen molar-refractivity contribution in [3.8, 4) is 0 Å². The number of aryl methyl sites for hydroxylation is 1. The van der Waals surface area contributed by atoms with E-state index in [1.165, 1.54) is 6.08 Å². The van der Waals surface area contributed by atoms with Gasteiger partial charge >= 0.3 is 0 Å². The predicted molar refractivity (Wildman–Crippen MR) is 164 cm³/mol. The molecule has 0 aromatic heterocycles. The molecular weight excluding hydrogens is 496 g/mol. The highest BCUT2D eigenvalue weighted by Crippen LogP contribution is 2.18. The zero-order chi connectivity index (χ0) is 28.2. The van der Waals surface area contributed by atoms with E-state index in [1.807, 2.05) is 52.0 Å². The fourth-order valence-corrected chi connectivity index (χ4v) is 4.64. The van der Waals surface area contributed by atoms with Gasteiger partial charge in [-0.05, 0) is 68.9 Å². The first-order chi connectivity index (χ1) is 18.1. The van der Waals surface area contributed by atoms with Crippen LogP contribution in [0.15, 0.2) is 60.1 Å². The van der Waals surface area contributed by atoms with Gasteiger partial charge in [0.05, 0.1) is 11.7 Å². The fraction of sp³-hybridized carbons (Fsp3) is 0.467. The maximum atomic E-state index is 12.9. The topological polar surface area (TPSA) is 90.5 Å². The first kappa shape index (κ1) is 31.0. The molecule has 0 saturated heterocycles. The number of benzene rings is 1. The minimum absolute atomic E-state index is 0. The summed E-state index contributed by atoms with van der Waals surface area (Å²) >= 11 is 4.32. The summed E-state index contributed by atoms with van der Waals surface area (Å²) in [5.74, 6) is 0.535. The molecule has 1 aromatic rings. The lowest BCUT2D eigenvalue weighted by Gasteiger charge is -2.28. The van der Waals surface area contributed by atoms with Gasteiger partial charge in [0.15, 0.2) is 0 Å². The Labute approximate surface area is 237 Å². The molecule has 3 N–H and O–H groups in total. The molecule has 7 nitrogen and oxygen atoms in total. The average Bonchev–Trinajstić information content (AvgIpc) is 3.24. The van der Waals surface area contributed by atoms with Gasteiger partial charge in [0, 0.05) is 40.5 Å². The quantitative estimate of drug-likeness (QED) is 0.136. The second kappa shape index (κ2) is 15.3. The van der Waals surface area contributed by atoms with Gasteiger partial charge in [-0.2, -0.15) is 12.6 Å². The van der Waals surface area contributed by atoms with Crippen LogP contribution in [0.3, 0.4) is 0 Å². The molecule has 0 unspecified atom stereocenters. The maximum absolute atomic E-state index is 12.9. The summed E-state index contributed by atoms with van der Waals surface area (Å²) in [7, 11) is 0. The van der Waals surface area contributed by atoms with E-state index >= 15 is 0 Å². The molecule has 2 rings (SSSR count). The molecule has 1 aliphatic heterocycles. The number of anilines is 1. The number of rotatable bonds is 14. The van der Waals surface area contributed by atoms with E-state index in [9.17, 15) is 14.4 Å². The molecule has 8 heteroatoms. The third-order valence-corrected chi connectivity index (χ3v) is 6.93. The molecule has 0 fully saturated rings. The summed E-state index contributed by atoms with van der Waals surface area (Å²) in [4.78, 5) is 39.1. The Morgan fingerprint density at radius 1 is 1.16 bits per heavy atom. The number of carbonyl (C=O) groups is 3. The van der Waals surface area contributed by atoms with Gasteiger partial charge in [0.2, 0.25) is 11.8 Å². The maximum Gasteiger partial charge on any atom is 0.251 e. The van der Waals surface area contributed by atoms with Crippen LogP contribution >= 0.6 is 12.6 Å². The zero-order valence-electron chi connectivity index (χ0n) is 23.3. The Morgan fingerprint density at radius 2 is 1.89 bits per heavy atom. The second-order valence-corrected chi connectivity index (χ2v) is 10.2. The highest BCUT2D eigenvalue weighted by Gasteiger charge is 2.24. The van der Waals surface area contributed by atoms with Gasteiger partial charge in [0.25, 0.3) is 5.91 Å². The first-order valence-corrected chi connectivity index (χ1v) is 13.9. The van der Waals surface area contributed by atoms with E-state index in [4.69, 9.17) is 0 Å². The molecule has 1 heterocycles. The van der Waals surface area contributed by atoms with Crippen LogP contribution in [0, 0.1) is 12.8 Å². The normalized spacial score (nSPS) is 14.9. The molecule has 2 atom stereocenters. The molecule has 1 aromatic carbocycles. The Kier molecular flexibility index (Phi) is 12.4. The lowest BCUT2D eigenvalue weighted by atomic mass is 9.99. The van der Waals surface area contributed by atoms with E-state index in [2.05, 4.69) is 40.9 Å². The standard InChI is InChI=1S/C30H42N4O3S.3H2/c1-7-25-15-16-28(36)34(25)17-11-9-10-12-27(35)33-29(20(3)4)26(8-2)31-22(6)30(37)32-24-14-13-23(19-38)21(5)18-24;;;/h8,13-16,18,20,22,29,31,38H,1,9-12,17,19H2,2-6H3,(H,32,37)(H,33,35);3*1H/b26-8+;;;/t22-,29-;;;/m0.../s1. The van der Waals surface area contributed by atoms with Crippen molar-refractivity contribution in [3.05, 3.63) is 71.3 Å².